The van der Waals surface area contributed by atoms with E-state index in [-0.39, 0.29) is 5.11 Å². The molecule has 86 valence electrons. The number of nitrogens with zero attached hydrogens (tertiary/aromatic N) is 2. The van der Waals surface area contributed by atoms with Crippen LogP contribution in [0.3, 0.4) is 0 Å². The Morgan fingerprint density at radius 3 is 3.06 bits per heavy atom. The van der Waals surface area contributed by atoms with Gasteiger partial charge in [0.15, 0.2) is 5.11 Å². The Labute approximate surface area is 108 Å². The minimum atomic E-state index is 0.123. The van der Waals surface area contributed by atoms with E-state index in [2.05, 4.69) is 27.7 Å². The van der Waals surface area contributed by atoms with Gasteiger partial charge in [-0.3, -0.25) is 10.4 Å². The van der Waals surface area contributed by atoms with Crippen molar-refractivity contribution in [3.63, 3.8) is 0 Å². The largest absolute Gasteiger partial charge is 0.375 e. The smallest absolute Gasteiger partial charge is 0.184 e. The SMILES string of the molecule is NC(=S)N/N=C\c1ccnc2ccc(Cl)cc12. The molecule has 0 amide bonds. The Kier molecular flexibility index (Phi) is 3.51. The molecule has 2 aromatic rings. The highest BCUT2D eigenvalue weighted by Crippen LogP contribution is 2.19. The summed E-state index contributed by atoms with van der Waals surface area (Å²) >= 11 is 10.6. The predicted octanol–water partition coefficient (Wildman–Crippen LogP) is 2.06. The standard InChI is InChI=1S/C11H9ClN4S/c12-8-1-2-10-9(5-8)7(3-4-14-10)6-15-16-11(13)17/h1-6H,(H3,13,16,17)/b15-6-. The van der Waals surface area contributed by atoms with Crippen LogP contribution in [-0.4, -0.2) is 16.3 Å². The van der Waals surface area contributed by atoms with Crippen molar-refractivity contribution in [3.8, 4) is 0 Å². The molecule has 0 saturated carbocycles. The first-order valence-corrected chi connectivity index (χ1v) is 5.58. The van der Waals surface area contributed by atoms with E-state index in [1.807, 2.05) is 18.2 Å². The van der Waals surface area contributed by atoms with E-state index in [9.17, 15) is 0 Å². The number of hydrogen-bond donors (Lipinski definition) is 2. The van der Waals surface area contributed by atoms with E-state index in [0.29, 0.717) is 5.02 Å². The van der Waals surface area contributed by atoms with E-state index in [4.69, 9.17) is 17.3 Å². The molecule has 0 aliphatic rings. The fourth-order valence-corrected chi connectivity index (χ4v) is 1.64. The first-order chi connectivity index (χ1) is 8.16. The number of hydrazone groups is 1. The molecule has 0 atom stereocenters. The summed E-state index contributed by atoms with van der Waals surface area (Å²) in [7, 11) is 0. The lowest BCUT2D eigenvalue weighted by Gasteiger charge is -2.01. The maximum Gasteiger partial charge on any atom is 0.184 e. The summed E-state index contributed by atoms with van der Waals surface area (Å²) in [6.45, 7) is 0. The van der Waals surface area contributed by atoms with Gasteiger partial charge in [-0.2, -0.15) is 5.10 Å². The van der Waals surface area contributed by atoms with Gasteiger partial charge >= 0.3 is 0 Å². The van der Waals surface area contributed by atoms with E-state index in [1.165, 1.54) is 0 Å². The predicted molar refractivity (Wildman–Crippen MR) is 74.3 cm³/mol. The first kappa shape index (κ1) is 11.8. The van der Waals surface area contributed by atoms with Crippen LogP contribution in [0.5, 0.6) is 0 Å². The van der Waals surface area contributed by atoms with Gasteiger partial charge in [-0.15, -0.1) is 0 Å². The summed E-state index contributed by atoms with van der Waals surface area (Å²) in [5.74, 6) is 0. The maximum atomic E-state index is 5.95. The van der Waals surface area contributed by atoms with Crippen LogP contribution in [0.4, 0.5) is 0 Å². The number of pyridine rings is 1. The second-order valence-corrected chi connectivity index (χ2v) is 4.17. The molecule has 0 fully saturated rings. The number of hydrogen-bond acceptors (Lipinski definition) is 3. The van der Waals surface area contributed by atoms with Crippen LogP contribution in [0.2, 0.25) is 5.02 Å². The maximum absolute atomic E-state index is 5.95. The quantitative estimate of drug-likeness (QED) is 0.495. The summed E-state index contributed by atoms with van der Waals surface area (Å²) in [4.78, 5) is 4.23. The molecule has 0 aliphatic carbocycles. The Bertz CT molecular complexity index is 597. The van der Waals surface area contributed by atoms with Crippen LogP contribution in [0.15, 0.2) is 35.6 Å². The van der Waals surface area contributed by atoms with Crippen molar-refractivity contribution < 1.29 is 0 Å². The van der Waals surface area contributed by atoms with E-state index < -0.39 is 0 Å². The normalized spacial score (nSPS) is 10.9. The van der Waals surface area contributed by atoms with E-state index in [0.717, 1.165) is 16.5 Å². The average Bonchev–Trinajstić information content (AvgIpc) is 2.29. The van der Waals surface area contributed by atoms with Crippen LogP contribution < -0.4 is 11.2 Å². The van der Waals surface area contributed by atoms with Gasteiger partial charge in [0.1, 0.15) is 0 Å². The zero-order valence-electron chi connectivity index (χ0n) is 8.72. The minimum Gasteiger partial charge on any atom is -0.375 e. The van der Waals surface area contributed by atoms with Crippen molar-refractivity contribution in [1.82, 2.24) is 10.4 Å². The summed E-state index contributed by atoms with van der Waals surface area (Å²) in [6, 6.07) is 7.33. The van der Waals surface area contributed by atoms with Crippen LogP contribution in [-0.2, 0) is 0 Å². The number of rotatable bonds is 2. The molecule has 0 unspecified atom stereocenters. The molecule has 0 bridgehead atoms. The monoisotopic (exact) mass is 264 g/mol. The molecule has 0 spiro atoms. The number of fused-ring (bicyclic) bond motifs is 1. The topological polar surface area (TPSA) is 63.3 Å². The van der Waals surface area contributed by atoms with Gasteiger partial charge < -0.3 is 5.73 Å². The molecule has 2 rings (SSSR count). The van der Waals surface area contributed by atoms with Gasteiger partial charge in [0.05, 0.1) is 11.7 Å². The van der Waals surface area contributed by atoms with Gasteiger partial charge in [-0.1, -0.05) is 11.6 Å². The van der Waals surface area contributed by atoms with Gasteiger partial charge in [-0.05, 0) is 36.5 Å². The van der Waals surface area contributed by atoms with Gasteiger partial charge in [0, 0.05) is 22.2 Å². The second-order valence-electron chi connectivity index (χ2n) is 3.30. The van der Waals surface area contributed by atoms with Crippen molar-refractivity contribution in [1.29, 1.82) is 0 Å². The van der Waals surface area contributed by atoms with Crippen molar-refractivity contribution in [3.05, 3.63) is 41.0 Å². The first-order valence-electron chi connectivity index (χ1n) is 4.79. The highest BCUT2D eigenvalue weighted by Gasteiger charge is 2.00. The number of benzene rings is 1. The molecule has 1 aromatic heterocycles. The van der Waals surface area contributed by atoms with Gasteiger partial charge in [-0.25, -0.2) is 0 Å². The summed E-state index contributed by atoms with van der Waals surface area (Å²) in [5.41, 5.74) is 9.51. The molecule has 6 heteroatoms. The Morgan fingerprint density at radius 1 is 1.47 bits per heavy atom. The van der Waals surface area contributed by atoms with E-state index in [1.54, 1.807) is 18.5 Å². The van der Waals surface area contributed by atoms with Crippen LogP contribution in [0.25, 0.3) is 10.9 Å². The zero-order chi connectivity index (χ0) is 12.3. The van der Waals surface area contributed by atoms with E-state index >= 15 is 0 Å². The fraction of sp³-hybridized carbons (Fsp3) is 0. The van der Waals surface area contributed by atoms with Crippen molar-refractivity contribution in [2.75, 3.05) is 0 Å². The van der Waals surface area contributed by atoms with Crippen LogP contribution >= 0.6 is 23.8 Å². The third-order valence-electron chi connectivity index (χ3n) is 2.12. The van der Waals surface area contributed by atoms with Gasteiger partial charge in [0.2, 0.25) is 0 Å². The van der Waals surface area contributed by atoms with Crippen LogP contribution in [0, 0.1) is 0 Å². The second kappa shape index (κ2) is 5.07. The third kappa shape index (κ3) is 2.89. The lowest BCUT2D eigenvalue weighted by atomic mass is 10.1. The highest BCUT2D eigenvalue weighted by atomic mass is 35.5. The molecule has 17 heavy (non-hydrogen) atoms. The lowest BCUT2D eigenvalue weighted by Crippen LogP contribution is -2.24. The Morgan fingerprint density at radius 2 is 2.29 bits per heavy atom. The number of nitrogens with two attached hydrogens (primary N) is 1. The molecular formula is C11H9ClN4S. The van der Waals surface area contributed by atoms with Crippen molar-refractivity contribution >= 4 is 46.0 Å². The van der Waals surface area contributed by atoms with Gasteiger partial charge in [0.25, 0.3) is 0 Å². The zero-order valence-corrected chi connectivity index (χ0v) is 10.3. The summed E-state index contributed by atoms with van der Waals surface area (Å²) < 4.78 is 0. The highest BCUT2D eigenvalue weighted by molar-refractivity contribution is 7.80. The number of halogens is 1. The van der Waals surface area contributed by atoms with Crippen molar-refractivity contribution in [2.24, 2.45) is 10.8 Å². The van der Waals surface area contributed by atoms with Crippen molar-refractivity contribution in [2.45, 2.75) is 0 Å². The molecule has 4 nitrogen and oxygen atoms in total. The summed E-state index contributed by atoms with van der Waals surface area (Å²) in [6.07, 6.45) is 3.33. The number of nitrogens with one attached hydrogen (secondary N) is 1. The lowest BCUT2D eigenvalue weighted by molar-refractivity contribution is 1.04. The molecule has 0 radical (unpaired) electrons. The summed E-state index contributed by atoms with van der Waals surface area (Å²) in [5, 5.41) is 5.61. The number of thiocarbonyl (C=S) groups is 1. The molecule has 0 saturated heterocycles. The Hall–Kier alpha value is -1.72. The molecule has 3 N–H and O–H groups in total. The molecular weight excluding hydrogens is 256 g/mol. The molecule has 1 heterocycles. The third-order valence-corrected chi connectivity index (χ3v) is 2.44. The number of aromatic nitrogens is 1. The molecule has 0 aliphatic heterocycles. The molecule has 1 aromatic carbocycles. The minimum absolute atomic E-state index is 0.123. The Balaban J connectivity index is 2.43. The average molecular weight is 265 g/mol. The van der Waals surface area contributed by atoms with Crippen LogP contribution in [0.1, 0.15) is 5.56 Å². The fourth-order valence-electron chi connectivity index (χ4n) is 1.42.